The predicted molar refractivity (Wildman–Crippen MR) is 79.3 cm³/mol. The van der Waals surface area contributed by atoms with Crippen LogP contribution in [0.3, 0.4) is 0 Å². The van der Waals surface area contributed by atoms with Gasteiger partial charge in [-0.15, -0.1) is 0 Å². The van der Waals surface area contributed by atoms with Crippen LogP contribution < -0.4 is 16.0 Å². The number of nitrogen functional groups attached to an aromatic ring is 1. The molecule has 2 rings (SSSR count). The van der Waals surface area contributed by atoms with Crippen molar-refractivity contribution in [3.8, 4) is 11.6 Å². The van der Waals surface area contributed by atoms with Crippen LogP contribution in [0.4, 0.5) is 5.69 Å². The van der Waals surface area contributed by atoms with Gasteiger partial charge in [-0.3, -0.25) is 4.79 Å². The largest absolute Gasteiger partial charge is 0.438 e. The molecular formula is C15H19N3O2. The highest BCUT2D eigenvalue weighted by Gasteiger charge is 2.09. The van der Waals surface area contributed by atoms with E-state index in [1.165, 1.54) is 6.07 Å². The van der Waals surface area contributed by atoms with Gasteiger partial charge in [-0.1, -0.05) is 19.9 Å². The Balaban J connectivity index is 2.40. The summed E-state index contributed by atoms with van der Waals surface area (Å²) in [4.78, 5) is 18.6. The van der Waals surface area contributed by atoms with Crippen molar-refractivity contribution >= 4 is 5.69 Å². The Morgan fingerprint density at radius 3 is 2.55 bits per heavy atom. The molecule has 20 heavy (non-hydrogen) atoms. The summed E-state index contributed by atoms with van der Waals surface area (Å²) in [6.45, 7) is 7.78. The van der Waals surface area contributed by atoms with Gasteiger partial charge < -0.3 is 15.5 Å². The number of ether oxygens (including phenoxy) is 1. The highest BCUT2D eigenvalue weighted by atomic mass is 16.5. The predicted octanol–water partition coefficient (Wildman–Crippen LogP) is 2.88. The molecule has 0 fully saturated rings. The minimum absolute atomic E-state index is 0.121. The number of aromatic nitrogens is 2. The molecule has 0 aliphatic carbocycles. The zero-order valence-corrected chi connectivity index (χ0v) is 12.2. The monoisotopic (exact) mass is 273 g/mol. The van der Waals surface area contributed by atoms with Crippen LogP contribution in [0.25, 0.3) is 0 Å². The maximum absolute atomic E-state index is 11.6. The number of anilines is 1. The topological polar surface area (TPSA) is 81.0 Å². The Labute approximate surface area is 117 Å². The van der Waals surface area contributed by atoms with Crippen molar-refractivity contribution in [3.05, 3.63) is 45.5 Å². The molecule has 1 aromatic heterocycles. The zero-order valence-electron chi connectivity index (χ0n) is 12.2. The summed E-state index contributed by atoms with van der Waals surface area (Å²) >= 11 is 0. The second-order valence-electron chi connectivity index (χ2n) is 5.20. The van der Waals surface area contributed by atoms with Gasteiger partial charge in [0.05, 0.1) is 6.07 Å². The Morgan fingerprint density at radius 2 is 1.90 bits per heavy atom. The Morgan fingerprint density at radius 1 is 1.20 bits per heavy atom. The molecule has 0 atom stereocenters. The first-order valence-corrected chi connectivity index (χ1v) is 6.52. The van der Waals surface area contributed by atoms with Crippen LogP contribution >= 0.6 is 0 Å². The van der Waals surface area contributed by atoms with Gasteiger partial charge >= 0.3 is 0 Å². The van der Waals surface area contributed by atoms with E-state index in [4.69, 9.17) is 10.5 Å². The third-order valence-corrected chi connectivity index (χ3v) is 3.06. The molecule has 0 amide bonds. The Hall–Kier alpha value is -2.30. The smallest absolute Gasteiger partial charge is 0.254 e. The summed E-state index contributed by atoms with van der Waals surface area (Å²) in [5.41, 5.74) is 8.26. The van der Waals surface area contributed by atoms with E-state index < -0.39 is 0 Å². The van der Waals surface area contributed by atoms with Crippen LogP contribution in [0, 0.1) is 13.8 Å². The van der Waals surface area contributed by atoms with Gasteiger partial charge in [0.2, 0.25) is 5.88 Å². The minimum Gasteiger partial charge on any atom is -0.438 e. The summed E-state index contributed by atoms with van der Waals surface area (Å²) in [7, 11) is 0. The molecule has 0 unspecified atom stereocenters. The molecule has 3 N–H and O–H groups in total. The lowest BCUT2D eigenvalue weighted by atomic mass is 10.1. The number of aryl methyl sites for hydroxylation is 2. The molecular weight excluding hydrogens is 254 g/mol. The lowest BCUT2D eigenvalue weighted by Gasteiger charge is -2.12. The number of benzene rings is 1. The van der Waals surface area contributed by atoms with E-state index in [-0.39, 0.29) is 17.4 Å². The molecule has 0 aliphatic rings. The normalized spacial score (nSPS) is 10.8. The first-order valence-electron chi connectivity index (χ1n) is 6.52. The molecule has 0 radical (unpaired) electrons. The van der Waals surface area contributed by atoms with E-state index in [2.05, 4.69) is 9.97 Å². The van der Waals surface area contributed by atoms with E-state index in [1.807, 2.05) is 33.8 Å². The van der Waals surface area contributed by atoms with Gasteiger partial charge in [-0.05, 0) is 25.0 Å². The molecule has 2 aromatic rings. The van der Waals surface area contributed by atoms with Gasteiger partial charge in [0.25, 0.3) is 5.56 Å². The molecule has 1 aromatic carbocycles. The van der Waals surface area contributed by atoms with Gasteiger partial charge in [0, 0.05) is 17.7 Å². The highest BCUT2D eigenvalue weighted by Crippen LogP contribution is 2.28. The van der Waals surface area contributed by atoms with E-state index in [1.54, 1.807) is 6.07 Å². The summed E-state index contributed by atoms with van der Waals surface area (Å²) in [6, 6.07) is 5.03. The molecule has 0 saturated carbocycles. The molecule has 0 bridgehead atoms. The average Bonchev–Trinajstić information content (AvgIpc) is 2.35. The number of nitrogens with two attached hydrogens (primary N) is 1. The second kappa shape index (κ2) is 5.36. The second-order valence-corrected chi connectivity index (χ2v) is 5.20. The van der Waals surface area contributed by atoms with Crippen molar-refractivity contribution in [2.75, 3.05) is 5.73 Å². The van der Waals surface area contributed by atoms with Crippen molar-refractivity contribution < 1.29 is 4.74 Å². The lowest BCUT2D eigenvalue weighted by molar-refractivity contribution is 0.452. The third-order valence-electron chi connectivity index (χ3n) is 3.06. The highest BCUT2D eigenvalue weighted by molar-refractivity contribution is 5.54. The van der Waals surface area contributed by atoms with Gasteiger partial charge in [-0.2, -0.15) is 4.98 Å². The number of rotatable bonds is 3. The van der Waals surface area contributed by atoms with Crippen LogP contribution in [0.5, 0.6) is 11.6 Å². The number of nitrogens with one attached hydrogen (secondary N) is 1. The van der Waals surface area contributed by atoms with Gasteiger partial charge in [0.15, 0.2) is 0 Å². The fourth-order valence-corrected chi connectivity index (χ4v) is 1.85. The van der Waals surface area contributed by atoms with Crippen molar-refractivity contribution in [2.45, 2.75) is 33.6 Å². The maximum Gasteiger partial charge on any atom is 0.254 e. The molecule has 106 valence electrons. The van der Waals surface area contributed by atoms with Crippen molar-refractivity contribution in [1.82, 2.24) is 9.97 Å². The SMILES string of the molecule is Cc1cc(C)c(Oc2cc(=O)[nH]c(C(C)C)n2)cc1N. The van der Waals surface area contributed by atoms with Gasteiger partial charge in [0.1, 0.15) is 11.6 Å². The molecule has 0 saturated heterocycles. The van der Waals surface area contributed by atoms with Crippen LogP contribution in [0.15, 0.2) is 23.0 Å². The molecule has 5 heteroatoms. The summed E-state index contributed by atoms with van der Waals surface area (Å²) in [6.07, 6.45) is 0. The minimum atomic E-state index is -0.226. The van der Waals surface area contributed by atoms with E-state index in [9.17, 15) is 4.79 Å². The van der Waals surface area contributed by atoms with Gasteiger partial charge in [-0.25, -0.2) is 0 Å². The Kier molecular flexibility index (Phi) is 3.79. The summed E-state index contributed by atoms with van der Waals surface area (Å²) < 4.78 is 5.71. The molecule has 5 nitrogen and oxygen atoms in total. The van der Waals surface area contributed by atoms with Crippen molar-refractivity contribution in [3.63, 3.8) is 0 Å². The summed E-state index contributed by atoms with van der Waals surface area (Å²) in [5, 5.41) is 0. The van der Waals surface area contributed by atoms with Crippen LogP contribution in [-0.4, -0.2) is 9.97 Å². The van der Waals surface area contributed by atoms with Crippen LogP contribution in [-0.2, 0) is 0 Å². The van der Waals surface area contributed by atoms with Crippen molar-refractivity contribution in [1.29, 1.82) is 0 Å². The fourth-order valence-electron chi connectivity index (χ4n) is 1.85. The zero-order chi connectivity index (χ0) is 14.9. The number of hydrogen-bond acceptors (Lipinski definition) is 4. The van der Waals surface area contributed by atoms with Crippen molar-refractivity contribution in [2.24, 2.45) is 0 Å². The van der Waals surface area contributed by atoms with E-state index >= 15 is 0 Å². The number of hydrogen-bond donors (Lipinski definition) is 2. The summed E-state index contributed by atoms with van der Waals surface area (Å²) in [5.74, 6) is 1.62. The van der Waals surface area contributed by atoms with Crippen LogP contribution in [0.2, 0.25) is 0 Å². The molecule has 0 spiro atoms. The van der Waals surface area contributed by atoms with Crippen LogP contribution in [0.1, 0.15) is 36.7 Å². The van der Waals surface area contributed by atoms with E-state index in [0.717, 1.165) is 11.1 Å². The first kappa shape index (κ1) is 14.1. The average molecular weight is 273 g/mol. The fraction of sp³-hybridized carbons (Fsp3) is 0.333. The molecule has 0 aliphatic heterocycles. The quantitative estimate of drug-likeness (QED) is 0.842. The third kappa shape index (κ3) is 2.99. The molecule has 1 heterocycles. The Bertz CT molecular complexity index is 690. The lowest BCUT2D eigenvalue weighted by Crippen LogP contribution is -2.12. The maximum atomic E-state index is 11.6. The number of nitrogens with zero attached hydrogens (tertiary/aromatic N) is 1. The number of aromatic amines is 1. The standard InChI is InChI=1S/C15H19N3O2/c1-8(2)15-17-13(19)7-14(18-15)20-12-6-11(16)9(3)5-10(12)4/h5-8H,16H2,1-4H3,(H,17,18,19). The van der Waals surface area contributed by atoms with E-state index in [0.29, 0.717) is 17.3 Å². The first-order chi connectivity index (χ1) is 9.36. The number of H-pyrrole nitrogens is 1.